The summed E-state index contributed by atoms with van der Waals surface area (Å²) in [5, 5.41) is 3.41. The third-order valence-corrected chi connectivity index (χ3v) is 6.24. The number of ether oxygens (including phenoxy) is 1. The lowest BCUT2D eigenvalue weighted by Crippen LogP contribution is -2.49. The van der Waals surface area contributed by atoms with Gasteiger partial charge in [0.1, 0.15) is 5.75 Å². The van der Waals surface area contributed by atoms with E-state index in [1.165, 1.54) is 0 Å². The van der Waals surface area contributed by atoms with E-state index in [1.807, 2.05) is 6.92 Å². The molecule has 2 heterocycles. The second-order valence-corrected chi connectivity index (χ2v) is 7.75. The zero-order chi connectivity index (χ0) is 17.4. The van der Waals surface area contributed by atoms with Crippen LogP contribution in [0.1, 0.15) is 30.4 Å². The molecule has 1 unspecified atom stereocenters. The van der Waals surface area contributed by atoms with Crippen molar-refractivity contribution in [3.63, 3.8) is 0 Å². The van der Waals surface area contributed by atoms with E-state index in [9.17, 15) is 4.79 Å². The molecule has 1 amide bonds. The van der Waals surface area contributed by atoms with Crippen LogP contribution in [0.3, 0.4) is 0 Å². The number of carbonyl (C=O) groups is 1. The molecular formula is C20H30ClN3O2. The van der Waals surface area contributed by atoms with E-state index in [1.54, 1.807) is 7.11 Å². The summed E-state index contributed by atoms with van der Waals surface area (Å²) >= 11 is 0. The Kier molecular flexibility index (Phi) is 5.80. The number of benzene rings is 1. The van der Waals surface area contributed by atoms with Crippen molar-refractivity contribution in [1.82, 2.24) is 15.1 Å². The van der Waals surface area contributed by atoms with Gasteiger partial charge in [0, 0.05) is 45.3 Å². The third kappa shape index (κ3) is 3.45. The highest BCUT2D eigenvalue weighted by Gasteiger charge is 2.54. The summed E-state index contributed by atoms with van der Waals surface area (Å²) in [7, 11) is 1.70. The van der Waals surface area contributed by atoms with E-state index in [-0.39, 0.29) is 17.8 Å². The fraction of sp³-hybridized carbons (Fsp3) is 0.650. The van der Waals surface area contributed by atoms with Crippen molar-refractivity contribution >= 4 is 18.3 Å². The molecule has 144 valence electrons. The predicted octanol–water partition coefficient (Wildman–Crippen LogP) is 1.96. The average Bonchev–Trinajstić information content (AvgIpc) is 3.31. The molecule has 0 spiro atoms. The van der Waals surface area contributed by atoms with E-state index in [2.05, 4.69) is 33.3 Å². The molecule has 1 aliphatic carbocycles. The lowest BCUT2D eigenvalue weighted by Gasteiger charge is -2.33. The van der Waals surface area contributed by atoms with Crippen LogP contribution < -0.4 is 10.1 Å². The van der Waals surface area contributed by atoms with Crippen LogP contribution in [0.25, 0.3) is 0 Å². The first kappa shape index (κ1) is 19.5. The second kappa shape index (κ2) is 7.75. The van der Waals surface area contributed by atoms with Gasteiger partial charge in [0.2, 0.25) is 5.91 Å². The first-order valence-corrected chi connectivity index (χ1v) is 9.53. The highest BCUT2D eigenvalue weighted by atomic mass is 35.5. The van der Waals surface area contributed by atoms with Gasteiger partial charge in [0.05, 0.1) is 12.5 Å². The highest BCUT2D eigenvalue weighted by Crippen LogP contribution is 2.51. The molecule has 2 aliphatic heterocycles. The van der Waals surface area contributed by atoms with Crippen molar-refractivity contribution < 1.29 is 9.53 Å². The van der Waals surface area contributed by atoms with Gasteiger partial charge in [-0.1, -0.05) is 12.1 Å². The number of methoxy groups -OCH3 is 1. The number of nitrogens with zero attached hydrogens (tertiary/aromatic N) is 2. The van der Waals surface area contributed by atoms with Crippen LogP contribution in [0.5, 0.6) is 5.75 Å². The van der Waals surface area contributed by atoms with Crippen LogP contribution in [0.2, 0.25) is 0 Å². The standard InChI is InChI=1S/C20H29N3O2.ClH/c1-15-3-4-16(13-18(15)25-2)20(6-7-20)19(24)23-10-5-17(14-23)22-11-8-21-9-12-22;/h3-4,13,17,21H,5-12,14H2,1-2H3;1H. The van der Waals surface area contributed by atoms with Gasteiger partial charge >= 0.3 is 0 Å². The minimum atomic E-state index is -0.292. The molecule has 4 rings (SSSR count). The lowest BCUT2D eigenvalue weighted by molar-refractivity contribution is -0.133. The molecule has 1 aromatic carbocycles. The van der Waals surface area contributed by atoms with Crippen LogP contribution in [0.4, 0.5) is 0 Å². The van der Waals surface area contributed by atoms with E-state index in [4.69, 9.17) is 4.74 Å². The Balaban J connectivity index is 0.00000196. The van der Waals surface area contributed by atoms with Gasteiger partial charge in [-0.2, -0.15) is 0 Å². The molecule has 1 saturated carbocycles. The van der Waals surface area contributed by atoms with Crippen LogP contribution in [-0.2, 0) is 10.2 Å². The van der Waals surface area contributed by atoms with Crippen molar-refractivity contribution in [2.45, 2.75) is 37.6 Å². The molecule has 2 saturated heterocycles. The Morgan fingerprint density at radius 3 is 2.62 bits per heavy atom. The normalized spacial score (nSPS) is 24.8. The number of nitrogens with one attached hydrogen (secondary N) is 1. The molecule has 0 radical (unpaired) electrons. The first-order valence-electron chi connectivity index (χ1n) is 9.53. The van der Waals surface area contributed by atoms with Gasteiger partial charge in [0.25, 0.3) is 0 Å². The van der Waals surface area contributed by atoms with Crippen molar-refractivity contribution in [3.8, 4) is 5.75 Å². The van der Waals surface area contributed by atoms with E-state index >= 15 is 0 Å². The Bertz CT molecular complexity index is 656. The quantitative estimate of drug-likeness (QED) is 0.868. The maximum absolute atomic E-state index is 13.3. The maximum atomic E-state index is 13.3. The average molecular weight is 380 g/mol. The summed E-state index contributed by atoms with van der Waals surface area (Å²) in [5.41, 5.74) is 1.96. The van der Waals surface area contributed by atoms with Crippen molar-refractivity contribution in [1.29, 1.82) is 0 Å². The lowest BCUT2D eigenvalue weighted by atomic mass is 9.93. The van der Waals surface area contributed by atoms with Crippen LogP contribution in [0, 0.1) is 6.92 Å². The van der Waals surface area contributed by atoms with E-state index < -0.39 is 0 Å². The predicted molar refractivity (Wildman–Crippen MR) is 105 cm³/mol. The smallest absolute Gasteiger partial charge is 0.233 e. The number of piperazine rings is 1. The number of rotatable bonds is 4. The zero-order valence-corrected chi connectivity index (χ0v) is 16.6. The summed E-state index contributed by atoms with van der Waals surface area (Å²) in [5.74, 6) is 1.22. The van der Waals surface area contributed by atoms with Crippen LogP contribution in [0.15, 0.2) is 18.2 Å². The number of amides is 1. The largest absolute Gasteiger partial charge is 0.496 e. The topological polar surface area (TPSA) is 44.8 Å². The summed E-state index contributed by atoms with van der Waals surface area (Å²) < 4.78 is 5.47. The van der Waals surface area contributed by atoms with Crippen molar-refractivity contribution in [2.75, 3.05) is 46.4 Å². The monoisotopic (exact) mass is 379 g/mol. The van der Waals surface area contributed by atoms with Crippen molar-refractivity contribution in [3.05, 3.63) is 29.3 Å². The Morgan fingerprint density at radius 1 is 1.23 bits per heavy atom. The first-order chi connectivity index (χ1) is 12.1. The van der Waals surface area contributed by atoms with E-state index in [0.717, 1.165) is 75.4 Å². The van der Waals surface area contributed by atoms with Gasteiger partial charge < -0.3 is 15.0 Å². The second-order valence-electron chi connectivity index (χ2n) is 7.75. The molecule has 5 nitrogen and oxygen atoms in total. The number of likely N-dealkylation sites (tertiary alicyclic amines) is 1. The molecule has 1 N–H and O–H groups in total. The van der Waals surface area contributed by atoms with Gasteiger partial charge in [-0.25, -0.2) is 0 Å². The van der Waals surface area contributed by atoms with Gasteiger partial charge in [-0.15, -0.1) is 12.4 Å². The number of hydrogen-bond donors (Lipinski definition) is 1. The molecule has 26 heavy (non-hydrogen) atoms. The summed E-state index contributed by atoms with van der Waals surface area (Å²) in [6, 6.07) is 6.81. The molecule has 1 aromatic rings. The van der Waals surface area contributed by atoms with E-state index in [0.29, 0.717) is 11.9 Å². The minimum Gasteiger partial charge on any atom is -0.496 e. The van der Waals surface area contributed by atoms with Gasteiger partial charge in [-0.05, 0) is 43.4 Å². The van der Waals surface area contributed by atoms with Gasteiger partial charge in [0.15, 0.2) is 0 Å². The maximum Gasteiger partial charge on any atom is 0.233 e. The Morgan fingerprint density at radius 2 is 1.96 bits per heavy atom. The zero-order valence-electron chi connectivity index (χ0n) is 15.8. The van der Waals surface area contributed by atoms with Crippen LogP contribution >= 0.6 is 12.4 Å². The number of carbonyl (C=O) groups excluding carboxylic acids is 1. The fourth-order valence-electron chi connectivity index (χ4n) is 4.44. The Hall–Kier alpha value is -1.30. The summed E-state index contributed by atoms with van der Waals surface area (Å²) in [6.07, 6.45) is 3.04. The molecule has 3 aliphatic rings. The molecular weight excluding hydrogens is 350 g/mol. The van der Waals surface area contributed by atoms with Crippen molar-refractivity contribution in [2.24, 2.45) is 0 Å². The number of aryl methyl sites for hydroxylation is 1. The number of halogens is 1. The molecule has 6 heteroatoms. The molecule has 1 atom stereocenters. The SMILES string of the molecule is COc1cc(C2(C(=O)N3CCC(N4CCNCC4)C3)CC2)ccc1C.Cl. The van der Waals surface area contributed by atoms with Crippen LogP contribution in [-0.4, -0.2) is 68.1 Å². The summed E-state index contributed by atoms with van der Waals surface area (Å²) in [6.45, 7) is 8.18. The number of hydrogen-bond acceptors (Lipinski definition) is 4. The molecule has 0 bridgehead atoms. The Labute approximate surface area is 162 Å². The molecule has 0 aromatic heterocycles. The summed E-state index contributed by atoms with van der Waals surface area (Å²) in [4.78, 5) is 18.0. The molecule has 3 fully saturated rings. The third-order valence-electron chi connectivity index (χ3n) is 6.24. The highest BCUT2D eigenvalue weighted by molar-refractivity contribution is 5.91. The fourth-order valence-corrected chi connectivity index (χ4v) is 4.44. The minimum absolute atomic E-state index is 0. The van der Waals surface area contributed by atoms with Gasteiger partial charge in [-0.3, -0.25) is 9.69 Å².